The van der Waals surface area contributed by atoms with Crippen molar-refractivity contribution in [1.82, 2.24) is 5.32 Å². The van der Waals surface area contributed by atoms with Gasteiger partial charge < -0.3 is 10.1 Å². The molecule has 3 rings (SSSR count). The van der Waals surface area contributed by atoms with Crippen LogP contribution in [0.25, 0.3) is 5.57 Å². The van der Waals surface area contributed by atoms with Gasteiger partial charge in [-0.1, -0.05) is 93.7 Å². The maximum atomic E-state index is 11.4. The number of amides is 1. The van der Waals surface area contributed by atoms with E-state index in [0.29, 0.717) is 6.61 Å². The average molecular weight is 408 g/mol. The molecule has 2 aliphatic rings. The fourth-order valence-electron chi connectivity index (χ4n) is 4.24. The van der Waals surface area contributed by atoms with Gasteiger partial charge in [-0.05, 0) is 55.2 Å². The highest BCUT2D eigenvalue weighted by atomic mass is 16.6. The Morgan fingerprint density at radius 2 is 1.77 bits per heavy atom. The Kier molecular flexibility index (Phi) is 8.36. The third-order valence-corrected chi connectivity index (χ3v) is 6.47. The summed E-state index contributed by atoms with van der Waals surface area (Å²) in [5.74, 6) is 0. The Hall–Kier alpha value is -2.29. The molecule has 0 spiro atoms. The molecule has 1 aliphatic carbocycles. The smallest absolute Gasteiger partial charge is 0.407 e. The van der Waals surface area contributed by atoms with Gasteiger partial charge in [-0.15, -0.1) is 0 Å². The quantitative estimate of drug-likeness (QED) is 0.396. The molecular weight excluding hydrogens is 370 g/mol. The number of ether oxygens (including phenoxy) is 1. The van der Waals surface area contributed by atoms with E-state index in [9.17, 15) is 4.79 Å². The molecule has 1 aromatic carbocycles. The molecule has 1 fully saturated rings. The number of hydrogen-bond donors (Lipinski definition) is 1. The van der Waals surface area contributed by atoms with Gasteiger partial charge in [0.1, 0.15) is 6.61 Å². The van der Waals surface area contributed by atoms with Gasteiger partial charge in [0.25, 0.3) is 0 Å². The summed E-state index contributed by atoms with van der Waals surface area (Å²) in [7, 11) is 0. The van der Waals surface area contributed by atoms with Gasteiger partial charge in [-0.25, -0.2) is 4.79 Å². The monoisotopic (exact) mass is 407 g/mol. The summed E-state index contributed by atoms with van der Waals surface area (Å²) < 4.78 is 5.14. The summed E-state index contributed by atoms with van der Waals surface area (Å²) in [5.41, 5.74) is 5.15. The highest BCUT2D eigenvalue weighted by Crippen LogP contribution is 2.26. The van der Waals surface area contributed by atoms with Crippen molar-refractivity contribution in [3.63, 3.8) is 0 Å². The van der Waals surface area contributed by atoms with Crippen LogP contribution < -0.4 is 5.32 Å². The molecule has 3 heteroatoms. The van der Waals surface area contributed by atoms with Crippen LogP contribution in [-0.4, -0.2) is 18.2 Å². The molecule has 0 bridgehead atoms. The van der Waals surface area contributed by atoms with Gasteiger partial charge in [0.15, 0.2) is 0 Å². The van der Waals surface area contributed by atoms with Gasteiger partial charge >= 0.3 is 6.09 Å². The standard InChI is InChI=1S/C27H37NO2/c1-3-5-6-7-8-10-22-11-9-12-24(16-13-22)25-17-14-23(15-18-25)19-20-27(4-2)21-30-26(29)28-27/h11-18H,3-10,19-21H2,1-2H3,(H,28,29). The van der Waals surface area contributed by atoms with E-state index < -0.39 is 0 Å². The second-order valence-electron chi connectivity index (χ2n) is 8.70. The van der Waals surface area contributed by atoms with Gasteiger partial charge in [0.2, 0.25) is 0 Å². The summed E-state index contributed by atoms with van der Waals surface area (Å²) in [6.45, 7) is 4.85. The van der Waals surface area contributed by atoms with E-state index in [4.69, 9.17) is 4.74 Å². The highest BCUT2D eigenvalue weighted by Gasteiger charge is 2.37. The first-order valence-electron chi connectivity index (χ1n) is 11.8. The van der Waals surface area contributed by atoms with Crippen molar-refractivity contribution >= 4 is 11.7 Å². The molecule has 0 saturated carbocycles. The normalized spacial score (nSPS) is 20.9. The Morgan fingerprint density at radius 1 is 0.967 bits per heavy atom. The van der Waals surface area contributed by atoms with Crippen LogP contribution in [0.5, 0.6) is 0 Å². The number of aryl methyl sites for hydroxylation is 1. The first kappa shape index (κ1) is 22.4. The highest BCUT2D eigenvalue weighted by molar-refractivity contribution is 5.75. The number of carbonyl (C=O) groups excluding carboxylic acids is 1. The predicted molar refractivity (Wildman–Crippen MR) is 125 cm³/mol. The molecule has 0 radical (unpaired) electrons. The molecule has 1 heterocycles. The maximum Gasteiger partial charge on any atom is 0.407 e. The second kappa shape index (κ2) is 11.2. The Labute approximate surface area is 182 Å². The minimum absolute atomic E-state index is 0.207. The van der Waals surface area contributed by atoms with Gasteiger partial charge in [0.05, 0.1) is 5.54 Å². The fourth-order valence-corrected chi connectivity index (χ4v) is 4.24. The van der Waals surface area contributed by atoms with Gasteiger partial charge in [-0.2, -0.15) is 0 Å². The summed E-state index contributed by atoms with van der Waals surface area (Å²) in [6, 6.07) is 8.89. The molecule has 30 heavy (non-hydrogen) atoms. The molecule has 3 nitrogen and oxygen atoms in total. The zero-order chi connectivity index (χ0) is 21.2. The molecule has 1 saturated heterocycles. The SMILES string of the molecule is CCCCCCCC1=CCC=C(c2ccc(CCC3(CC)COC(=O)N3)cc2)C=C1. The van der Waals surface area contributed by atoms with Crippen LogP contribution in [0.1, 0.15) is 82.8 Å². The number of nitrogens with one attached hydrogen (secondary N) is 1. The van der Waals surface area contributed by atoms with Crippen molar-refractivity contribution in [3.8, 4) is 0 Å². The number of cyclic esters (lactones) is 1. The number of benzene rings is 1. The lowest BCUT2D eigenvalue weighted by Gasteiger charge is -2.24. The van der Waals surface area contributed by atoms with E-state index in [1.165, 1.54) is 60.8 Å². The molecule has 1 unspecified atom stereocenters. The number of alkyl carbamates (subject to hydrolysis) is 1. The first-order valence-corrected chi connectivity index (χ1v) is 11.8. The topological polar surface area (TPSA) is 38.3 Å². The Morgan fingerprint density at radius 3 is 2.47 bits per heavy atom. The molecule has 1 atom stereocenters. The minimum Gasteiger partial charge on any atom is -0.447 e. The molecule has 162 valence electrons. The van der Waals surface area contributed by atoms with Gasteiger partial charge in [-0.3, -0.25) is 0 Å². The van der Waals surface area contributed by atoms with Crippen LogP contribution in [0.3, 0.4) is 0 Å². The zero-order valence-electron chi connectivity index (χ0n) is 18.7. The fraction of sp³-hybridized carbons (Fsp3) is 0.519. The number of carbonyl (C=O) groups is 1. The number of allylic oxidation sites excluding steroid dienone is 6. The van der Waals surface area contributed by atoms with Crippen molar-refractivity contribution in [3.05, 3.63) is 65.3 Å². The summed E-state index contributed by atoms with van der Waals surface area (Å²) >= 11 is 0. The summed E-state index contributed by atoms with van der Waals surface area (Å²) in [5, 5.41) is 3.00. The Balaban J connectivity index is 1.50. The van der Waals surface area contributed by atoms with Crippen molar-refractivity contribution in [2.75, 3.05) is 6.61 Å². The lowest BCUT2D eigenvalue weighted by Crippen LogP contribution is -2.43. The zero-order valence-corrected chi connectivity index (χ0v) is 18.7. The van der Waals surface area contributed by atoms with Crippen LogP contribution in [-0.2, 0) is 11.2 Å². The van der Waals surface area contributed by atoms with E-state index in [0.717, 1.165) is 25.7 Å². The van der Waals surface area contributed by atoms with E-state index >= 15 is 0 Å². The predicted octanol–water partition coefficient (Wildman–Crippen LogP) is 7.14. The summed E-state index contributed by atoms with van der Waals surface area (Å²) in [4.78, 5) is 11.4. The van der Waals surface area contributed by atoms with Crippen molar-refractivity contribution in [2.24, 2.45) is 0 Å². The largest absolute Gasteiger partial charge is 0.447 e. The number of rotatable bonds is 11. The molecule has 1 aromatic rings. The lowest BCUT2D eigenvalue weighted by molar-refractivity contribution is 0.170. The van der Waals surface area contributed by atoms with Gasteiger partial charge in [0, 0.05) is 0 Å². The van der Waals surface area contributed by atoms with Crippen molar-refractivity contribution < 1.29 is 9.53 Å². The lowest BCUT2D eigenvalue weighted by atomic mass is 9.89. The third-order valence-electron chi connectivity index (χ3n) is 6.47. The second-order valence-corrected chi connectivity index (χ2v) is 8.70. The molecule has 1 N–H and O–H groups in total. The first-order chi connectivity index (χ1) is 14.6. The third kappa shape index (κ3) is 6.35. The van der Waals surface area contributed by atoms with E-state index in [-0.39, 0.29) is 11.6 Å². The van der Waals surface area contributed by atoms with Crippen molar-refractivity contribution in [1.29, 1.82) is 0 Å². The van der Waals surface area contributed by atoms with Crippen molar-refractivity contribution in [2.45, 2.75) is 83.6 Å². The number of unbranched alkanes of at least 4 members (excludes halogenated alkanes) is 4. The van der Waals surface area contributed by atoms with Crippen LogP contribution in [0, 0.1) is 0 Å². The van der Waals surface area contributed by atoms with Crippen LogP contribution in [0.4, 0.5) is 4.79 Å². The maximum absolute atomic E-state index is 11.4. The van der Waals surface area contributed by atoms with E-state index in [1.54, 1.807) is 0 Å². The summed E-state index contributed by atoms with van der Waals surface area (Å²) in [6.07, 6.45) is 20.6. The minimum atomic E-state index is -0.284. The number of hydrogen-bond acceptors (Lipinski definition) is 2. The Bertz CT molecular complexity index is 788. The van der Waals surface area contributed by atoms with Crippen LogP contribution in [0.2, 0.25) is 0 Å². The molecule has 1 amide bonds. The average Bonchev–Trinajstić information content (AvgIpc) is 2.99. The van der Waals surface area contributed by atoms with Crippen LogP contribution in [0.15, 0.2) is 54.1 Å². The van der Waals surface area contributed by atoms with E-state index in [2.05, 4.69) is 67.7 Å². The molecule has 0 aromatic heterocycles. The van der Waals surface area contributed by atoms with Crippen LogP contribution >= 0.6 is 0 Å². The van der Waals surface area contributed by atoms with E-state index in [1.807, 2.05) is 0 Å². The molecular formula is C27H37NO2. The molecule has 1 aliphatic heterocycles.